The second-order valence-corrected chi connectivity index (χ2v) is 5.21. The normalized spacial score (nSPS) is 12.8. The topological polar surface area (TPSA) is 35.2 Å². The summed E-state index contributed by atoms with van der Waals surface area (Å²) < 4.78 is 5.85. The van der Waals surface area contributed by atoms with Crippen molar-refractivity contribution in [2.45, 2.75) is 46.6 Å². The standard InChI is InChI=1S/C15H25NO/c1-11(2)6-5-9-17-15-10-12(3)7-8-14(15)13(4)16/h7-8,10-11,13H,5-6,9,16H2,1-4H3. The Labute approximate surface area is 105 Å². The van der Waals surface area contributed by atoms with E-state index in [-0.39, 0.29) is 6.04 Å². The Bertz CT molecular complexity index is 345. The molecule has 0 aliphatic carbocycles. The van der Waals surface area contributed by atoms with Gasteiger partial charge in [-0.2, -0.15) is 0 Å². The summed E-state index contributed by atoms with van der Waals surface area (Å²) in [5.74, 6) is 1.69. The van der Waals surface area contributed by atoms with E-state index in [1.165, 1.54) is 12.0 Å². The van der Waals surface area contributed by atoms with Gasteiger partial charge >= 0.3 is 0 Å². The van der Waals surface area contributed by atoms with Crippen LogP contribution in [0.5, 0.6) is 5.75 Å². The highest BCUT2D eigenvalue weighted by Crippen LogP contribution is 2.25. The first-order valence-electron chi connectivity index (χ1n) is 6.49. The number of hydrogen-bond acceptors (Lipinski definition) is 2. The summed E-state index contributed by atoms with van der Waals surface area (Å²) >= 11 is 0. The molecular formula is C15H25NO. The van der Waals surface area contributed by atoms with Crippen LogP contribution in [0.4, 0.5) is 0 Å². The van der Waals surface area contributed by atoms with Gasteiger partial charge in [0.05, 0.1) is 6.61 Å². The fraction of sp³-hybridized carbons (Fsp3) is 0.600. The smallest absolute Gasteiger partial charge is 0.124 e. The number of ether oxygens (including phenoxy) is 1. The third-order valence-corrected chi connectivity index (χ3v) is 2.84. The summed E-state index contributed by atoms with van der Waals surface area (Å²) in [5.41, 5.74) is 8.25. The van der Waals surface area contributed by atoms with Crippen LogP contribution in [0.1, 0.15) is 50.8 Å². The van der Waals surface area contributed by atoms with Crippen molar-refractivity contribution in [1.82, 2.24) is 0 Å². The molecule has 1 aromatic carbocycles. The van der Waals surface area contributed by atoms with E-state index >= 15 is 0 Å². The summed E-state index contributed by atoms with van der Waals surface area (Å²) in [6, 6.07) is 6.25. The van der Waals surface area contributed by atoms with Gasteiger partial charge < -0.3 is 10.5 Å². The minimum absolute atomic E-state index is 0.0238. The van der Waals surface area contributed by atoms with Gasteiger partial charge in [-0.15, -0.1) is 0 Å². The van der Waals surface area contributed by atoms with Gasteiger partial charge in [0.2, 0.25) is 0 Å². The van der Waals surface area contributed by atoms with Gasteiger partial charge in [0.15, 0.2) is 0 Å². The van der Waals surface area contributed by atoms with Crippen molar-refractivity contribution in [2.75, 3.05) is 6.61 Å². The maximum atomic E-state index is 5.94. The number of hydrogen-bond donors (Lipinski definition) is 1. The molecule has 0 radical (unpaired) electrons. The Balaban J connectivity index is 2.59. The summed E-state index contributed by atoms with van der Waals surface area (Å²) in [4.78, 5) is 0. The van der Waals surface area contributed by atoms with Crippen LogP contribution in [0, 0.1) is 12.8 Å². The average molecular weight is 235 g/mol. The van der Waals surface area contributed by atoms with E-state index in [9.17, 15) is 0 Å². The summed E-state index contributed by atoms with van der Waals surface area (Å²) in [7, 11) is 0. The van der Waals surface area contributed by atoms with E-state index in [0.29, 0.717) is 0 Å². The molecule has 0 fully saturated rings. The van der Waals surface area contributed by atoms with Gasteiger partial charge in [-0.25, -0.2) is 0 Å². The van der Waals surface area contributed by atoms with Gasteiger partial charge in [-0.3, -0.25) is 0 Å². The minimum atomic E-state index is 0.0238. The summed E-state index contributed by atoms with van der Waals surface area (Å²) in [6.07, 6.45) is 2.31. The molecule has 2 nitrogen and oxygen atoms in total. The monoisotopic (exact) mass is 235 g/mol. The average Bonchev–Trinajstić information content (AvgIpc) is 2.23. The zero-order valence-electron chi connectivity index (χ0n) is 11.5. The molecular weight excluding hydrogens is 210 g/mol. The van der Waals surface area contributed by atoms with Crippen molar-refractivity contribution >= 4 is 0 Å². The van der Waals surface area contributed by atoms with Gasteiger partial charge in [0.1, 0.15) is 5.75 Å². The fourth-order valence-corrected chi connectivity index (χ4v) is 1.82. The molecule has 1 rings (SSSR count). The molecule has 0 saturated heterocycles. The number of benzene rings is 1. The first kappa shape index (κ1) is 14.0. The number of rotatable bonds is 6. The van der Waals surface area contributed by atoms with E-state index in [1.54, 1.807) is 0 Å². The second-order valence-electron chi connectivity index (χ2n) is 5.21. The van der Waals surface area contributed by atoms with Gasteiger partial charge in [-0.05, 0) is 44.2 Å². The molecule has 1 unspecified atom stereocenters. The predicted octanol–water partition coefficient (Wildman–Crippen LogP) is 3.83. The third kappa shape index (κ3) is 4.78. The quantitative estimate of drug-likeness (QED) is 0.760. The maximum absolute atomic E-state index is 5.94. The number of aryl methyl sites for hydroxylation is 1. The molecule has 96 valence electrons. The van der Waals surface area contributed by atoms with Crippen molar-refractivity contribution < 1.29 is 4.74 Å². The van der Waals surface area contributed by atoms with Crippen molar-refractivity contribution in [2.24, 2.45) is 11.7 Å². The summed E-state index contributed by atoms with van der Waals surface area (Å²) in [5, 5.41) is 0. The summed E-state index contributed by atoms with van der Waals surface area (Å²) in [6.45, 7) is 9.32. The fourth-order valence-electron chi connectivity index (χ4n) is 1.82. The Morgan fingerprint density at radius 3 is 2.53 bits per heavy atom. The van der Waals surface area contributed by atoms with Crippen molar-refractivity contribution in [3.63, 3.8) is 0 Å². The molecule has 17 heavy (non-hydrogen) atoms. The highest BCUT2D eigenvalue weighted by atomic mass is 16.5. The molecule has 0 bridgehead atoms. The van der Waals surface area contributed by atoms with Gasteiger partial charge in [0, 0.05) is 11.6 Å². The van der Waals surface area contributed by atoms with Crippen LogP contribution in [-0.2, 0) is 0 Å². The van der Waals surface area contributed by atoms with Crippen LogP contribution in [0.3, 0.4) is 0 Å². The molecule has 2 heteroatoms. The molecule has 0 aromatic heterocycles. The third-order valence-electron chi connectivity index (χ3n) is 2.84. The lowest BCUT2D eigenvalue weighted by molar-refractivity contribution is 0.293. The van der Waals surface area contributed by atoms with Crippen LogP contribution >= 0.6 is 0 Å². The Morgan fingerprint density at radius 1 is 1.24 bits per heavy atom. The van der Waals surface area contributed by atoms with Crippen molar-refractivity contribution in [3.8, 4) is 5.75 Å². The highest BCUT2D eigenvalue weighted by molar-refractivity contribution is 5.38. The molecule has 1 aromatic rings. The molecule has 0 aliphatic heterocycles. The van der Waals surface area contributed by atoms with Crippen LogP contribution in [0.25, 0.3) is 0 Å². The van der Waals surface area contributed by atoms with E-state index in [4.69, 9.17) is 10.5 Å². The predicted molar refractivity (Wildman–Crippen MR) is 73.3 cm³/mol. The zero-order chi connectivity index (χ0) is 12.8. The highest BCUT2D eigenvalue weighted by Gasteiger charge is 2.08. The Hall–Kier alpha value is -1.02. The van der Waals surface area contributed by atoms with Gasteiger partial charge in [0.25, 0.3) is 0 Å². The van der Waals surface area contributed by atoms with Gasteiger partial charge in [-0.1, -0.05) is 26.0 Å². The van der Waals surface area contributed by atoms with E-state index < -0.39 is 0 Å². The lowest BCUT2D eigenvalue weighted by atomic mass is 10.1. The lowest BCUT2D eigenvalue weighted by Gasteiger charge is -2.15. The molecule has 0 heterocycles. The van der Waals surface area contributed by atoms with Crippen LogP contribution in [0.15, 0.2) is 18.2 Å². The first-order chi connectivity index (χ1) is 8.00. The van der Waals surface area contributed by atoms with Crippen LogP contribution < -0.4 is 10.5 Å². The van der Waals surface area contributed by atoms with E-state index in [1.807, 2.05) is 6.92 Å². The lowest BCUT2D eigenvalue weighted by Crippen LogP contribution is -2.09. The van der Waals surface area contributed by atoms with Crippen LogP contribution in [-0.4, -0.2) is 6.61 Å². The molecule has 0 spiro atoms. The first-order valence-corrected chi connectivity index (χ1v) is 6.49. The maximum Gasteiger partial charge on any atom is 0.124 e. The molecule has 0 amide bonds. The van der Waals surface area contributed by atoms with Crippen molar-refractivity contribution in [1.29, 1.82) is 0 Å². The SMILES string of the molecule is Cc1ccc(C(C)N)c(OCCCC(C)C)c1. The molecule has 0 aliphatic rings. The Kier molecular flexibility index (Phi) is 5.49. The van der Waals surface area contributed by atoms with E-state index in [2.05, 4.69) is 39.0 Å². The molecule has 0 saturated carbocycles. The van der Waals surface area contributed by atoms with Crippen LogP contribution in [0.2, 0.25) is 0 Å². The molecule has 1 atom stereocenters. The number of nitrogens with two attached hydrogens (primary N) is 1. The minimum Gasteiger partial charge on any atom is -0.493 e. The Morgan fingerprint density at radius 2 is 1.94 bits per heavy atom. The largest absolute Gasteiger partial charge is 0.493 e. The van der Waals surface area contributed by atoms with E-state index in [0.717, 1.165) is 30.3 Å². The zero-order valence-corrected chi connectivity index (χ0v) is 11.5. The molecule has 2 N–H and O–H groups in total. The second kappa shape index (κ2) is 6.65. The van der Waals surface area contributed by atoms with Crippen molar-refractivity contribution in [3.05, 3.63) is 29.3 Å².